The summed E-state index contributed by atoms with van der Waals surface area (Å²) in [6.07, 6.45) is 36.6. The first-order valence-corrected chi connectivity index (χ1v) is 33.0. The number of aliphatic hydroxyl groups excluding tert-OH is 11. The van der Waals surface area contributed by atoms with E-state index in [1.165, 1.54) is 64.2 Å². The summed E-state index contributed by atoms with van der Waals surface area (Å²) in [5, 5.41) is 120. The second kappa shape index (κ2) is 49.4. The zero-order valence-corrected chi connectivity index (χ0v) is 52.5. The van der Waals surface area contributed by atoms with Crippen LogP contribution in [0.1, 0.15) is 194 Å². The molecule has 17 unspecified atom stereocenters. The summed E-state index contributed by atoms with van der Waals surface area (Å²) >= 11 is 0. The van der Waals surface area contributed by atoms with Crippen LogP contribution >= 0.6 is 0 Å². The standard InChI is InChI=1S/C68H115NO18/c1-3-5-7-9-11-13-15-17-19-21-22-23-24-25-26-27-28-30-32-34-36-38-40-42-44-46-56(74)69-51(52(73)45-43-41-39-37-35-33-31-29-20-18-16-14-12-10-8-6-4-2)50-82-66-62(80)59(77)64(54(48-71)84-66)87-68-63(81)60(78)65(55(49-72)85-68)86-67-61(79)58(76)57(75)53(47-70)83-67/h5,7,11,13,17,19,22-23,25-26,28,30,35,37,43,45,51-55,57-68,70-73,75-81H,3-4,6,8-10,12,14-16,18,20-21,24,27,29,31-34,36,38-42,44,46-50H2,1-2H3,(H,69,74)/b7-5-,13-11-,19-17-,23-22-,26-25-,30-28-,37-35+,45-43+. The summed E-state index contributed by atoms with van der Waals surface area (Å²) in [5.41, 5.74) is 0. The number of allylic oxidation sites excluding steroid dienone is 15. The summed E-state index contributed by atoms with van der Waals surface area (Å²) in [6, 6.07) is -1.00. The SMILES string of the molecule is CC/C=C\C/C=C\C/C=C\C/C=C\C/C=C\C/C=C\CCCCCCCCC(=O)NC(COC1OC(CO)C(OC2OC(CO)C(OC3OC(CO)C(O)C(O)C3O)C(O)C2O)C(O)C1O)C(O)/C=C/CC/C=C/CCCCCCCCCCCCC. The van der Waals surface area contributed by atoms with Gasteiger partial charge in [-0.2, -0.15) is 0 Å². The van der Waals surface area contributed by atoms with Crippen molar-refractivity contribution < 1.29 is 89.4 Å². The lowest BCUT2D eigenvalue weighted by Crippen LogP contribution is -2.66. The molecule has 0 bridgehead atoms. The van der Waals surface area contributed by atoms with Crippen molar-refractivity contribution in [2.45, 2.75) is 298 Å². The fraction of sp³-hybridized carbons (Fsp3) is 0.750. The van der Waals surface area contributed by atoms with Gasteiger partial charge < -0.3 is 89.9 Å². The van der Waals surface area contributed by atoms with E-state index in [0.717, 1.165) is 96.3 Å². The van der Waals surface area contributed by atoms with Gasteiger partial charge in [-0.3, -0.25) is 4.79 Å². The first-order valence-electron chi connectivity index (χ1n) is 33.0. The lowest BCUT2D eigenvalue weighted by molar-refractivity contribution is -0.379. The summed E-state index contributed by atoms with van der Waals surface area (Å²) < 4.78 is 34.3. The minimum absolute atomic E-state index is 0.212. The Morgan fingerprint density at radius 1 is 0.425 bits per heavy atom. The van der Waals surface area contributed by atoms with Gasteiger partial charge in [-0.15, -0.1) is 0 Å². The fourth-order valence-corrected chi connectivity index (χ4v) is 10.5. The van der Waals surface area contributed by atoms with Crippen molar-refractivity contribution >= 4 is 5.91 Å². The Kier molecular flexibility index (Phi) is 44.3. The van der Waals surface area contributed by atoms with Crippen molar-refractivity contribution in [1.29, 1.82) is 0 Å². The largest absolute Gasteiger partial charge is 0.394 e. The van der Waals surface area contributed by atoms with Gasteiger partial charge >= 0.3 is 0 Å². The van der Waals surface area contributed by atoms with Crippen LogP contribution in [0.5, 0.6) is 0 Å². The van der Waals surface area contributed by atoms with E-state index in [1.54, 1.807) is 6.08 Å². The highest BCUT2D eigenvalue weighted by Gasteiger charge is 2.53. The average Bonchev–Trinajstić information content (AvgIpc) is 1.15. The molecule has 0 aromatic rings. The van der Waals surface area contributed by atoms with E-state index < -0.39 is 124 Å². The Labute approximate surface area is 520 Å². The molecule has 0 spiro atoms. The minimum atomic E-state index is -1.99. The van der Waals surface area contributed by atoms with Gasteiger partial charge in [0.2, 0.25) is 5.91 Å². The van der Waals surface area contributed by atoms with Crippen LogP contribution < -0.4 is 5.32 Å². The van der Waals surface area contributed by atoms with Gasteiger partial charge in [-0.25, -0.2) is 0 Å². The number of aliphatic hydroxyl groups is 11. The first-order chi connectivity index (χ1) is 42.3. The summed E-state index contributed by atoms with van der Waals surface area (Å²) in [6.45, 7) is 1.57. The minimum Gasteiger partial charge on any atom is -0.394 e. The molecule has 3 aliphatic rings. The van der Waals surface area contributed by atoms with Gasteiger partial charge in [-0.1, -0.05) is 201 Å². The van der Waals surface area contributed by atoms with Crippen molar-refractivity contribution in [3.63, 3.8) is 0 Å². The quantitative estimate of drug-likeness (QED) is 0.0205. The number of ether oxygens (including phenoxy) is 6. The number of amides is 1. The fourth-order valence-electron chi connectivity index (χ4n) is 10.5. The maximum Gasteiger partial charge on any atom is 0.220 e. The molecule has 0 saturated carbocycles. The van der Waals surface area contributed by atoms with Gasteiger partial charge in [0, 0.05) is 6.42 Å². The molecule has 0 aromatic carbocycles. The molecule has 3 saturated heterocycles. The molecule has 0 radical (unpaired) electrons. The van der Waals surface area contributed by atoms with Gasteiger partial charge in [0.05, 0.1) is 38.6 Å². The van der Waals surface area contributed by atoms with E-state index in [0.29, 0.717) is 12.8 Å². The highest BCUT2D eigenvalue weighted by Crippen LogP contribution is 2.33. The Morgan fingerprint density at radius 2 is 0.805 bits per heavy atom. The molecule has 19 nitrogen and oxygen atoms in total. The molecule has 3 heterocycles. The molecule has 87 heavy (non-hydrogen) atoms. The number of nitrogens with one attached hydrogen (secondary N) is 1. The van der Waals surface area contributed by atoms with Gasteiger partial charge in [-0.05, 0) is 83.5 Å². The molecule has 0 aromatic heterocycles. The Morgan fingerprint density at radius 3 is 1.29 bits per heavy atom. The first kappa shape index (κ1) is 78.0. The number of carbonyl (C=O) groups is 1. The van der Waals surface area contributed by atoms with Gasteiger partial charge in [0.25, 0.3) is 0 Å². The predicted molar refractivity (Wildman–Crippen MR) is 337 cm³/mol. The highest BCUT2D eigenvalue weighted by atomic mass is 16.8. The van der Waals surface area contributed by atoms with E-state index in [-0.39, 0.29) is 18.9 Å². The second-order valence-electron chi connectivity index (χ2n) is 23.2. The van der Waals surface area contributed by atoms with E-state index >= 15 is 0 Å². The van der Waals surface area contributed by atoms with Crippen LogP contribution in [0.2, 0.25) is 0 Å². The van der Waals surface area contributed by atoms with E-state index in [9.17, 15) is 61.0 Å². The van der Waals surface area contributed by atoms with Crippen molar-refractivity contribution in [1.82, 2.24) is 5.32 Å². The lowest BCUT2D eigenvalue weighted by Gasteiger charge is -2.48. The molecule has 19 heteroatoms. The maximum atomic E-state index is 13.4. The molecule has 3 rings (SSSR count). The average molecular weight is 1230 g/mol. The molecule has 17 atom stereocenters. The van der Waals surface area contributed by atoms with E-state index in [1.807, 2.05) is 6.08 Å². The Balaban J connectivity index is 1.48. The van der Waals surface area contributed by atoms with Crippen LogP contribution in [0.25, 0.3) is 0 Å². The van der Waals surface area contributed by atoms with E-state index in [2.05, 4.69) is 104 Å². The summed E-state index contributed by atoms with van der Waals surface area (Å²) in [5.74, 6) is -0.305. The lowest BCUT2D eigenvalue weighted by atomic mass is 9.96. The van der Waals surface area contributed by atoms with Crippen molar-refractivity contribution in [3.05, 3.63) is 97.2 Å². The van der Waals surface area contributed by atoms with Gasteiger partial charge in [0.1, 0.15) is 73.2 Å². The number of hydrogen-bond donors (Lipinski definition) is 12. The van der Waals surface area contributed by atoms with Crippen molar-refractivity contribution in [3.8, 4) is 0 Å². The normalized spacial score (nSPS) is 29.2. The third-order valence-electron chi connectivity index (χ3n) is 15.9. The highest BCUT2D eigenvalue weighted by molar-refractivity contribution is 5.76. The van der Waals surface area contributed by atoms with Crippen LogP contribution in [0.15, 0.2) is 97.2 Å². The van der Waals surface area contributed by atoms with Crippen LogP contribution in [0.4, 0.5) is 0 Å². The third kappa shape index (κ3) is 32.0. The molecule has 1 amide bonds. The molecular weight excluding hydrogens is 1120 g/mol. The van der Waals surface area contributed by atoms with Crippen LogP contribution in [0, 0.1) is 0 Å². The number of hydrogen-bond acceptors (Lipinski definition) is 18. The van der Waals surface area contributed by atoms with Crippen molar-refractivity contribution in [2.75, 3.05) is 26.4 Å². The molecular formula is C68H115NO18. The van der Waals surface area contributed by atoms with Crippen LogP contribution in [-0.2, 0) is 33.2 Å². The number of carbonyl (C=O) groups excluding carboxylic acids is 1. The number of unbranched alkanes of at least 4 members (excludes halogenated alkanes) is 18. The molecule has 3 fully saturated rings. The molecule has 3 aliphatic heterocycles. The van der Waals surface area contributed by atoms with E-state index in [4.69, 9.17) is 28.4 Å². The smallest absolute Gasteiger partial charge is 0.220 e. The summed E-state index contributed by atoms with van der Waals surface area (Å²) in [7, 11) is 0. The zero-order chi connectivity index (χ0) is 63.3. The van der Waals surface area contributed by atoms with Crippen LogP contribution in [-0.4, -0.2) is 193 Å². The molecule has 500 valence electrons. The Hall–Kier alpha value is -3.29. The van der Waals surface area contributed by atoms with Gasteiger partial charge in [0.15, 0.2) is 18.9 Å². The summed E-state index contributed by atoms with van der Waals surface area (Å²) in [4.78, 5) is 13.4. The predicted octanol–water partition coefficient (Wildman–Crippen LogP) is 7.71. The monoisotopic (exact) mass is 1230 g/mol. The van der Waals surface area contributed by atoms with Crippen LogP contribution in [0.3, 0.4) is 0 Å². The molecule has 12 N–H and O–H groups in total. The third-order valence-corrected chi connectivity index (χ3v) is 15.9. The van der Waals surface area contributed by atoms with Crippen molar-refractivity contribution in [2.24, 2.45) is 0 Å². The second-order valence-corrected chi connectivity index (χ2v) is 23.2. The maximum absolute atomic E-state index is 13.4. The Bertz CT molecular complexity index is 1960. The topological polar surface area (TPSA) is 307 Å². The zero-order valence-electron chi connectivity index (χ0n) is 52.5. The molecule has 0 aliphatic carbocycles. The number of rotatable bonds is 48.